The summed E-state index contributed by atoms with van der Waals surface area (Å²) in [5, 5.41) is 9.78. The third-order valence-electron chi connectivity index (χ3n) is 5.58. The van der Waals surface area contributed by atoms with Gasteiger partial charge in [-0.25, -0.2) is 19.1 Å². The standard InChI is InChI=1S/C24H30N6O3/c1-24(2,3)33-23(32)29-11-9-19(10-12-29)18-4-6-20(7-5-18)28-22(31)25-15-17-8-13-30-21(14-17)26-16-27-30/h4-8,13-14,16,19H,9-12,15H2,1-3H3,(H2,25,28,31). The Balaban J connectivity index is 1.24. The SMILES string of the molecule is CC(C)(C)OC(=O)N1CCC(c2ccc(NC(=O)NCc3ccn4ncnc4c3)cc2)CC1. The van der Waals surface area contributed by atoms with Gasteiger partial charge in [-0.15, -0.1) is 0 Å². The van der Waals surface area contributed by atoms with E-state index in [4.69, 9.17) is 4.74 Å². The topological polar surface area (TPSA) is 101 Å². The predicted octanol–water partition coefficient (Wildman–Crippen LogP) is 4.17. The lowest BCUT2D eigenvalue weighted by Crippen LogP contribution is -2.41. The molecule has 1 saturated heterocycles. The molecule has 4 rings (SSSR count). The zero-order valence-corrected chi connectivity index (χ0v) is 19.2. The number of carbonyl (C=O) groups excluding carboxylic acids is 2. The minimum atomic E-state index is -0.478. The summed E-state index contributed by atoms with van der Waals surface area (Å²) in [6.07, 6.45) is 4.85. The molecule has 0 aliphatic carbocycles. The highest BCUT2D eigenvalue weighted by Crippen LogP contribution is 2.29. The van der Waals surface area contributed by atoms with E-state index in [0.717, 1.165) is 29.7 Å². The minimum Gasteiger partial charge on any atom is -0.444 e. The predicted molar refractivity (Wildman–Crippen MR) is 125 cm³/mol. The summed E-state index contributed by atoms with van der Waals surface area (Å²) in [6.45, 7) is 7.40. The van der Waals surface area contributed by atoms with E-state index in [1.54, 1.807) is 9.42 Å². The zero-order valence-electron chi connectivity index (χ0n) is 19.2. The van der Waals surface area contributed by atoms with Crippen molar-refractivity contribution in [2.45, 2.75) is 51.7 Å². The Kier molecular flexibility index (Phi) is 6.48. The number of hydrogen-bond donors (Lipinski definition) is 2. The molecule has 1 aromatic carbocycles. The van der Waals surface area contributed by atoms with E-state index >= 15 is 0 Å². The molecule has 0 spiro atoms. The van der Waals surface area contributed by atoms with Crippen molar-refractivity contribution >= 4 is 23.5 Å². The number of likely N-dealkylation sites (tertiary alicyclic amines) is 1. The van der Waals surface area contributed by atoms with E-state index in [1.807, 2.05) is 63.4 Å². The number of pyridine rings is 1. The van der Waals surface area contributed by atoms with Crippen LogP contribution < -0.4 is 10.6 Å². The van der Waals surface area contributed by atoms with Crippen LogP contribution in [0.1, 0.15) is 50.7 Å². The smallest absolute Gasteiger partial charge is 0.410 e. The summed E-state index contributed by atoms with van der Waals surface area (Å²) in [4.78, 5) is 30.5. The molecular formula is C24H30N6O3. The third kappa shape index (κ3) is 6.00. The molecule has 0 atom stereocenters. The van der Waals surface area contributed by atoms with Gasteiger partial charge in [-0.3, -0.25) is 0 Å². The molecule has 3 heterocycles. The van der Waals surface area contributed by atoms with Crippen LogP contribution in [0.2, 0.25) is 0 Å². The maximum absolute atomic E-state index is 12.3. The van der Waals surface area contributed by atoms with Gasteiger partial charge in [0.15, 0.2) is 5.65 Å². The Morgan fingerprint density at radius 3 is 2.55 bits per heavy atom. The highest BCUT2D eigenvalue weighted by atomic mass is 16.6. The van der Waals surface area contributed by atoms with Gasteiger partial charge in [0.1, 0.15) is 11.9 Å². The summed E-state index contributed by atoms with van der Waals surface area (Å²) in [7, 11) is 0. The Labute approximate surface area is 193 Å². The molecule has 9 heteroatoms. The quantitative estimate of drug-likeness (QED) is 0.621. The number of carbonyl (C=O) groups is 2. The van der Waals surface area contributed by atoms with Gasteiger partial charge in [-0.05, 0) is 74.9 Å². The van der Waals surface area contributed by atoms with Crippen LogP contribution in [0.25, 0.3) is 5.65 Å². The Morgan fingerprint density at radius 1 is 1.12 bits per heavy atom. The first-order valence-corrected chi connectivity index (χ1v) is 11.2. The summed E-state index contributed by atoms with van der Waals surface area (Å²) in [5.74, 6) is 0.388. The summed E-state index contributed by atoms with van der Waals surface area (Å²) in [6, 6.07) is 11.4. The van der Waals surface area contributed by atoms with Crippen LogP contribution in [0.15, 0.2) is 48.9 Å². The van der Waals surface area contributed by atoms with Crippen molar-refractivity contribution in [1.82, 2.24) is 24.8 Å². The maximum Gasteiger partial charge on any atom is 0.410 e. The number of rotatable bonds is 4. The number of urea groups is 1. The highest BCUT2D eigenvalue weighted by molar-refractivity contribution is 5.89. The second-order valence-corrected chi connectivity index (χ2v) is 9.27. The molecule has 0 radical (unpaired) electrons. The lowest BCUT2D eigenvalue weighted by Gasteiger charge is -2.33. The van der Waals surface area contributed by atoms with Crippen LogP contribution in [-0.4, -0.2) is 50.3 Å². The number of fused-ring (bicyclic) bond motifs is 1. The van der Waals surface area contributed by atoms with Crippen LogP contribution in [0, 0.1) is 0 Å². The molecule has 1 aliphatic rings. The number of nitrogens with one attached hydrogen (secondary N) is 2. The Hall–Kier alpha value is -3.62. The van der Waals surface area contributed by atoms with E-state index in [2.05, 4.69) is 20.7 Å². The number of ether oxygens (including phenoxy) is 1. The van der Waals surface area contributed by atoms with Gasteiger partial charge in [0.25, 0.3) is 0 Å². The number of piperidine rings is 1. The Morgan fingerprint density at radius 2 is 1.85 bits per heavy atom. The number of amides is 3. The fourth-order valence-corrected chi connectivity index (χ4v) is 3.89. The molecule has 9 nitrogen and oxygen atoms in total. The van der Waals surface area contributed by atoms with Gasteiger partial charge in [0.2, 0.25) is 0 Å². The molecular weight excluding hydrogens is 420 g/mol. The number of anilines is 1. The molecule has 0 bridgehead atoms. The van der Waals surface area contributed by atoms with Gasteiger partial charge >= 0.3 is 12.1 Å². The van der Waals surface area contributed by atoms with E-state index < -0.39 is 5.60 Å². The van der Waals surface area contributed by atoms with Gasteiger partial charge in [0, 0.05) is 31.5 Å². The van der Waals surface area contributed by atoms with Crippen LogP contribution >= 0.6 is 0 Å². The molecule has 2 aromatic heterocycles. The Bertz CT molecular complexity index is 1110. The molecule has 0 saturated carbocycles. The minimum absolute atomic E-state index is 0.243. The maximum atomic E-state index is 12.3. The molecule has 0 unspecified atom stereocenters. The van der Waals surface area contributed by atoms with E-state index in [0.29, 0.717) is 25.6 Å². The number of hydrogen-bond acceptors (Lipinski definition) is 5. The molecule has 33 heavy (non-hydrogen) atoms. The monoisotopic (exact) mass is 450 g/mol. The van der Waals surface area contributed by atoms with Gasteiger partial charge in [-0.1, -0.05) is 12.1 Å². The average Bonchev–Trinajstić information content (AvgIpc) is 3.25. The van der Waals surface area contributed by atoms with Crippen molar-refractivity contribution in [3.8, 4) is 0 Å². The molecule has 3 aromatic rings. The molecule has 3 amide bonds. The largest absolute Gasteiger partial charge is 0.444 e. The van der Waals surface area contributed by atoms with E-state index in [-0.39, 0.29) is 12.1 Å². The fourth-order valence-electron chi connectivity index (χ4n) is 3.89. The number of benzene rings is 1. The molecule has 2 N–H and O–H groups in total. The van der Waals surface area contributed by atoms with Crippen molar-refractivity contribution in [2.75, 3.05) is 18.4 Å². The van der Waals surface area contributed by atoms with Crippen molar-refractivity contribution in [3.05, 3.63) is 60.0 Å². The van der Waals surface area contributed by atoms with Gasteiger partial charge in [0.05, 0.1) is 0 Å². The summed E-state index contributed by atoms with van der Waals surface area (Å²) < 4.78 is 7.14. The van der Waals surface area contributed by atoms with Crippen molar-refractivity contribution in [3.63, 3.8) is 0 Å². The van der Waals surface area contributed by atoms with Gasteiger partial charge in [-0.2, -0.15) is 5.10 Å². The zero-order chi connectivity index (χ0) is 23.4. The summed E-state index contributed by atoms with van der Waals surface area (Å²) >= 11 is 0. The van der Waals surface area contributed by atoms with Crippen molar-refractivity contribution in [1.29, 1.82) is 0 Å². The van der Waals surface area contributed by atoms with Crippen molar-refractivity contribution in [2.24, 2.45) is 0 Å². The van der Waals surface area contributed by atoms with Gasteiger partial charge < -0.3 is 20.3 Å². The third-order valence-corrected chi connectivity index (χ3v) is 5.58. The van der Waals surface area contributed by atoms with Crippen LogP contribution in [0.5, 0.6) is 0 Å². The lowest BCUT2D eigenvalue weighted by atomic mass is 9.89. The van der Waals surface area contributed by atoms with E-state index in [1.165, 1.54) is 11.9 Å². The highest BCUT2D eigenvalue weighted by Gasteiger charge is 2.27. The van der Waals surface area contributed by atoms with Crippen LogP contribution in [0.4, 0.5) is 15.3 Å². The molecule has 1 fully saturated rings. The first kappa shape index (κ1) is 22.6. The summed E-state index contributed by atoms with van der Waals surface area (Å²) in [5.41, 5.74) is 3.15. The normalized spacial score (nSPS) is 14.8. The molecule has 174 valence electrons. The fraction of sp³-hybridized carbons (Fsp3) is 0.417. The van der Waals surface area contributed by atoms with Crippen LogP contribution in [0.3, 0.4) is 0 Å². The first-order chi connectivity index (χ1) is 15.8. The second-order valence-electron chi connectivity index (χ2n) is 9.27. The van der Waals surface area contributed by atoms with Crippen molar-refractivity contribution < 1.29 is 14.3 Å². The number of aromatic nitrogens is 3. The first-order valence-electron chi connectivity index (χ1n) is 11.2. The number of nitrogens with zero attached hydrogens (tertiary/aromatic N) is 4. The molecule has 1 aliphatic heterocycles. The second kappa shape index (κ2) is 9.48. The van der Waals surface area contributed by atoms with Crippen LogP contribution in [-0.2, 0) is 11.3 Å². The van der Waals surface area contributed by atoms with E-state index in [9.17, 15) is 9.59 Å². The lowest BCUT2D eigenvalue weighted by molar-refractivity contribution is 0.0205. The average molecular weight is 451 g/mol.